The predicted molar refractivity (Wildman–Crippen MR) is 84.5 cm³/mol. The Balaban J connectivity index is 1.67. The summed E-state index contributed by atoms with van der Waals surface area (Å²) in [6, 6.07) is 11.2. The maximum atomic E-state index is 12.8. The lowest BCUT2D eigenvalue weighted by molar-refractivity contribution is -0.115. The first-order valence-electron chi connectivity index (χ1n) is 6.71. The number of thioether (sulfide) groups is 1. The maximum absolute atomic E-state index is 12.8. The molecule has 0 unspecified atom stereocenters. The molecule has 0 aliphatic carbocycles. The normalized spacial score (nSPS) is 13.2. The van der Waals surface area contributed by atoms with E-state index < -0.39 is 0 Å². The molecule has 2 amide bonds. The summed E-state index contributed by atoms with van der Waals surface area (Å²) in [5, 5.41) is 5.55. The molecule has 3 rings (SSSR count). The molecule has 112 valence electrons. The van der Waals surface area contributed by atoms with Gasteiger partial charge in [-0.05, 0) is 35.9 Å². The molecule has 1 aliphatic heterocycles. The van der Waals surface area contributed by atoms with Crippen molar-refractivity contribution in [2.24, 2.45) is 0 Å². The van der Waals surface area contributed by atoms with E-state index in [-0.39, 0.29) is 24.1 Å². The molecule has 0 saturated carbocycles. The molecule has 0 bridgehead atoms. The Morgan fingerprint density at radius 1 is 1.23 bits per heavy atom. The number of carbonyl (C=O) groups is 2. The van der Waals surface area contributed by atoms with Crippen LogP contribution in [0.25, 0.3) is 0 Å². The van der Waals surface area contributed by atoms with Crippen LogP contribution in [0.15, 0.2) is 47.4 Å². The van der Waals surface area contributed by atoms with E-state index in [4.69, 9.17) is 0 Å². The number of halogens is 1. The third-order valence-electron chi connectivity index (χ3n) is 3.17. The molecule has 0 saturated heterocycles. The van der Waals surface area contributed by atoms with Gasteiger partial charge in [-0.2, -0.15) is 0 Å². The van der Waals surface area contributed by atoms with Crippen molar-refractivity contribution in [1.82, 2.24) is 0 Å². The number of fused-ring (bicyclic) bond motifs is 1. The predicted octanol–water partition coefficient (Wildman–Crippen LogP) is 3.05. The van der Waals surface area contributed by atoms with Crippen LogP contribution in [0.2, 0.25) is 0 Å². The molecular weight excluding hydrogens is 303 g/mol. The van der Waals surface area contributed by atoms with Gasteiger partial charge in [-0.3, -0.25) is 9.59 Å². The van der Waals surface area contributed by atoms with Crippen LogP contribution >= 0.6 is 11.8 Å². The summed E-state index contributed by atoms with van der Waals surface area (Å²) in [7, 11) is 0. The van der Waals surface area contributed by atoms with Crippen LogP contribution in [-0.2, 0) is 16.0 Å². The third kappa shape index (κ3) is 3.46. The second-order valence-electron chi connectivity index (χ2n) is 4.90. The van der Waals surface area contributed by atoms with Gasteiger partial charge in [0, 0.05) is 10.6 Å². The van der Waals surface area contributed by atoms with Crippen molar-refractivity contribution in [2.75, 3.05) is 16.4 Å². The monoisotopic (exact) mass is 316 g/mol. The summed E-state index contributed by atoms with van der Waals surface area (Å²) in [5.41, 5.74) is 2.07. The van der Waals surface area contributed by atoms with Crippen molar-refractivity contribution in [3.8, 4) is 0 Å². The van der Waals surface area contributed by atoms with E-state index in [1.807, 2.05) is 6.07 Å². The number of rotatable bonds is 3. The van der Waals surface area contributed by atoms with E-state index in [2.05, 4.69) is 10.6 Å². The largest absolute Gasteiger partial charge is 0.326 e. The van der Waals surface area contributed by atoms with Gasteiger partial charge < -0.3 is 10.6 Å². The van der Waals surface area contributed by atoms with Crippen molar-refractivity contribution in [2.45, 2.75) is 11.3 Å². The molecule has 0 atom stereocenters. The Bertz CT molecular complexity index is 731. The first-order chi connectivity index (χ1) is 10.6. The molecule has 6 heteroatoms. The van der Waals surface area contributed by atoms with Crippen molar-refractivity contribution in [3.63, 3.8) is 0 Å². The minimum Gasteiger partial charge on any atom is -0.326 e. The molecule has 2 aromatic rings. The fourth-order valence-corrected chi connectivity index (χ4v) is 2.94. The first-order valence-corrected chi connectivity index (χ1v) is 7.70. The Kier molecular flexibility index (Phi) is 4.11. The highest BCUT2D eigenvalue weighted by Gasteiger charge is 2.16. The van der Waals surface area contributed by atoms with E-state index in [0.717, 1.165) is 10.5 Å². The molecular formula is C16H13FN2O2S. The number of hydrogen-bond acceptors (Lipinski definition) is 3. The minimum absolute atomic E-state index is 0.0488. The van der Waals surface area contributed by atoms with E-state index in [1.54, 1.807) is 24.3 Å². The second kappa shape index (κ2) is 6.19. The molecule has 22 heavy (non-hydrogen) atoms. The number of anilines is 2. The number of benzene rings is 2. The summed E-state index contributed by atoms with van der Waals surface area (Å²) in [4.78, 5) is 24.4. The molecule has 4 nitrogen and oxygen atoms in total. The van der Waals surface area contributed by atoms with Crippen molar-refractivity contribution in [1.29, 1.82) is 0 Å². The van der Waals surface area contributed by atoms with Gasteiger partial charge in [0.1, 0.15) is 5.82 Å². The highest BCUT2D eigenvalue weighted by molar-refractivity contribution is 8.00. The van der Waals surface area contributed by atoms with Gasteiger partial charge in [0.05, 0.1) is 17.9 Å². The zero-order valence-electron chi connectivity index (χ0n) is 11.6. The van der Waals surface area contributed by atoms with Crippen molar-refractivity contribution in [3.05, 3.63) is 53.8 Å². The standard InChI is InChI=1S/C16H13FN2O2S/c17-11-3-1-10(2-4-11)7-15(20)18-12-5-6-14-13(8-12)19-16(21)9-22-14/h1-6,8H,7,9H2,(H,18,20)(H,19,21). The Hall–Kier alpha value is -2.34. The van der Waals surface area contributed by atoms with Crippen LogP contribution in [-0.4, -0.2) is 17.6 Å². The van der Waals surface area contributed by atoms with E-state index >= 15 is 0 Å². The summed E-state index contributed by atoms with van der Waals surface area (Å²) < 4.78 is 12.8. The zero-order chi connectivity index (χ0) is 15.5. The number of nitrogens with one attached hydrogen (secondary N) is 2. The molecule has 0 spiro atoms. The van der Waals surface area contributed by atoms with Crippen LogP contribution < -0.4 is 10.6 Å². The molecule has 1 aliphatic rings. The fourth-order valence-electron chi connectivity index (χ4n) is 2.15. The lowest BCUT2D eigenvalue weighted by Crippen LogP contribution is -2.19. The smallest absolute Gasteiger partial charge is 0.234 e. The van der Waals surface area contributed by atoms with Gasteiger partial charge in [-0.15, -0.1) is 11.8 Å². The average Bonchev–Trinajstić information content (AvgIpc) is 2.49. The van der Waals surface area contributed by atoms with E-state index in [9.17, 15) is 14.0 Å². The highest BCUT2D eigenvalue weighted by atomic mass is 32.2. The summed E-state index contributed by atoms with van der Waals surface area (Å²) in [6.45, 7) is 0. The Morgan fingerprint density at radius 3 is 2.77 bits per heavy atom. The minimum atomic E-state index is -0.327. The van der Waals surface area contributed by atoms with Gasteiger partial charge in [-0.1, -0.05) is 12.1 Å². The highest BCUT2D eigenvalue weighted by Crippen LogP contribution is 2.33. The van der Waals surface area contributed by atoms with Crippen LogP contribution in [0.5, 0.6) is 0 Å². The quantitative estimate of drug-likeness (QED) is 0.915. The van der Waals surface area contributed by atoms with Gasteiger partial charge in [0.2, 0.25) is 11.8 Å². The van der Waals surface area contributed by atoms with Crippen molar-refractivity contribution >= 4 is 35.0 Å². The molecule has 1 heterocycles. The molecule has 0 aromatic heterocycles. The van der Waals surface area contributed by atoms with Crippen molar-refractivity contribution < 1.29 is 14.0 Å². The number of hydrogen-bond donors (Lipinski definition) is 2. The van der Waals surface area contributed by atoms with E-state index in [0.29, 0.717) is 17.1 Å². The molecule has 0 fully saturated rings. The van der Waals surface area contributed by atoms with Gasteiger partial charge in [0.15, 0.2) is 0 Å². The zero-order valence-corrected chi connectivity index (χ0v) is 12.4. The molecule has 2 aromatic carbocycles. The molecule has 2 N–H and O–H groups in total. The van der Waals surface area contributed by atoms with Gasteiger partial charge in [0.25, 0.3) is 0 Å². The van der Waals surface area contributed by atoms with Crippen LogP contribution in [0.3, 0.4) is 0 Å². The Labute approximate surface area is 131 Å². The summed E-state index contributed by atoms with van der Waals surface area (Å²) in [5.74, 6) is -0.163. The maximum Gasteiger partial charge on any atom is 0.234 e. The van der Waals surface area contributed by atoms with E-state index in [1.165, 1.54) is 23.9 Å². The Morgan fingerprint density at radius 2 is 2.00 bits per heavy atom. The van der Waals surface area contributed by atoms with Crippen LogP contribution in [0.1, 0.15) is 5.56 Å². The van der Waals surface area contributed by atoms with Gasteiger partial charge in [-0.25, -0.2) is 4.39 Å². The van der Waals surface area contributed by atoms with Crippen LogP contribution in [0.4, 0.5) is 15.8 Å². The first kappa shape index (κ1) is 14.6. The fraction of sp³-hybridized carbons (Fsp3) is 0.125. The van der Waals surface area contributed by atoms with Gasteiger partial charge >= 0.3 is 0 Å². The SMILES string of the molecule is O=C(Cc1ccc(F)cc1)Nc1ccc2c(c1)NC(=O)CS2. The third-order valence-corrected chi connectivity index (χ3v) is 4.25. The topological polar surface area (TPSA) is 58.2 Å². The average molecular weight is 316 g/mol. The second-order valence-corrected chi connectivity index (χ2v) is 5.92. The molecule has 0 radical (unpaired) electrons. The van der Waals surface area contributed by atoms with Crippen LogP contribution in [0, 0.1) is 5.82 Å². The lowest BCUT2D eigenvalue weighted by atomic mass is 10.1. The number of amides is 2. The summed E-state index contributed by atoms with van der Waals surface area (Å²) in [6.07, 6.45) is 0.165. The summed E-state index contributed by atoms with van der Waals surface area (Å²) >= 11 is 1.47. The lowest BCUT2D eigenvalue weighted by Gasteiger charge is -2.17. The number of carbonyl (C=O) groups excluding carboxylic acids is 2.